The van der Waals surface area contributed by atoms with Crippen molar-refractivity contribution in [2.75, 3.05) is 12.4 Å². The number of fused-ring (bicyclic) bond motifs is 7. The fourth-order valence-electron chi connectivity index (χ4n) is 4.49. The van der Waals surface area contributed by atoms with Crippen LogP contribution in [0.2, 0.25) is 0 Å². The van der Waals surface area contributed by atoms with Crippen LogP contribution in [0.15, 0.2) is 48.5 Å². The molecule has 2 aromatic carbocycles. The van der Waals surface area contributed by atoms with Crippen molar-refractivity contribution >= 4 is 36.4 Å². The fraction of sp³-hybridized carbons (Fsp3) is 0.278. The molecule has 0 bridgehead atoms. The summed E-state index contributed by atoms with van der Waals surface area (Å²) in [7, 11) is -2.18. The Morgan fingerprint density at radius 1 is 1.17 bits per heavy atom. The number of esters is 1. The average Bonchev–Trinajstić information content (AvgIpc) is 3.00. The summed E-state index contributed by atoms with van der Waals surface area (Å²) in [5.74, 6) is 0.307. The maximum Gasteiger partial charge on any atom is 0.317 e. The predicted molar refractivity (Wildman–Crippen MR) is 92.7 cm³/mol. The Kier molecular flexibility index (Phi) is 2.71. The zero-order valence-electron chi connectivity index (χ0n) is 12.7. The van der Waals surface area contributed by atoms with E-state index in [0.717, 1.165) is 0 Å². The lowest BCUT2D eigenvalue weighted by Crippen LogP contribution is -2.90. The molecular formula is C18H16O3SSi. The third-order valence-electron chi connectivity index (χ3n) is 5.48. The van der Waals surface area contributed by atoms with Crippen molar-refractivity contribution in [3.63, 3.8) is 0 Å². The minimum Gasteiger partial charge on any atom is -0.448 e. The predicted octanol–water partition coefficient (Wildman–Crippen LogP) is 1.55. The third-order valence-corrected chi connectivity index (χ3v) is 11.4. The SMILES string of the molecule is CC12c3ccccc3[Si]1(OCC1OC(=O)CS1)c1ccccc12. The summed E-state index contributed by atoms with van der Waals surface area (Å²) in [6.45, 7) is 2.80. The van der Waals surface area contributed by atoms with Gasteiger partial charge in [-0.25, -0.2) is 0 Å². The summed E-state index contributed by atoms with van der Waals surface area (Å²) in [5, 5.41) is 2.80. The molecule has 0 saturated carbocycles. The minimum absolute atomic E-state index is 0.0352. The smallest absolute Gasteiger partial charge is 0.317 e. The molecular weight excluding hydrogens is 324 g/mol. The van der Waals surface area contributed by atoms with Crippen LogP contribution in [0.4, 0.5) is 0 Å². The van der Waals surface area contributed by atoms with Crippen LogP contribution in [0.25, 0.3) is 0 Å². The number of benzene rings is 2. The van der Waals surface area contributed by atoms with Crippen LogP contribution in [0.5, 0.6) is 0 Å². The molecule has 5 rings (SSSR count). The third kappa shape index (κ3) is 1.48. The standard InChI is InChI=1S/C18H16O3SSi/c1-18-12-6-2-4-8-14(12)23(18,15-9-5-3-7-13(15)18)20-10-17-21-16(19)11-22-17/h2-9,17H,10-11H2,1H3. The van der Waals surface area contributed by atoms with Crippen molar-refractivity contribution in [3.8, 4) is 0 Å². The Labute approximate surface area is 140 Å². The molecule has 0 spiro atoms. The van der Waals surface area contributed by atoms with E-state index >= 15 is 0 Å². The first kappa shape index (κ1) is 13.8. The van der Waals surface area contributed by atoms with Gasteiger partial charge < -0.3 is 9.16 Å². The Hall–Kier alpha value is -1.56. The van der Waals surface area contributed by atoms with Crippen LogP contribution < -0.4 is 10.4 Å². The van der Waals surface area contributed by atoms with E-state index in [4.69, 9.17) is 9.16 Å². The highest BCUT2D eigenvalue weighted by atomic mass is 32.2. The molecule has 0 radical (unpaired) electrons. The molecule has 23 heavy (non-hydrogen) atoms. The Morgan fingerprint density at radius 3 is 2.35 bits per heavy atom. The van der Waals surface area contributed by atoms with Crippen LogP contribution in [-0.2, 0) is 19.0 Å². The van der Waals surface area contributed by atoms with Crippen LogP contribution >= 0.6 is 11.8 Å². The molecule has 0 aliphatic carbocycles. The van der Waals surface area contributed by atoms with Crippen LogP contribution in [0, 0.1) is 0 Å². The van der Waals surface area contributed by atoms with Crippen LogP contribution in [0.3, 0.4) is 0 Å². The largest absolute Gasteiger partial charge is 0.448 e. The molecule has 0 N–H and O–H groups in total. The summed E-state index contributed by atoms with van der Waals surface area (Å²) in [6.07, 6.45) is 0. The van der Waals surface area contributed by atoms with Crippen molar-refractivity contribution in [3.05, 3.63) is 59.7 Å². The maximum atomic E-state index is 11.3. The number of carbonyl (C=O) groups excluding carboxylic acids is 1. The van der Waals surface area contributed by atoms with Gasteiger partial charge in [0.15, 0.2) is 5.44 Å². The van der Waals surface area contributed by atoms with Gasteiger partial charge in [-0.2, -0.15) is 0 Å². The molecule has 3 heterocycles. The zero-order chi connectivity index (χ0) is 15.7. The monoisotopic (exact) mass is 340 g/mol. The summed E-state index contributed by atoms with van der Waals surface area (Å²) in [6, 6.07) is 17.3. The number of rotatable bonds is 3. The first-order valence-electron chi connectivity index (χ1n) is 7.83. The lowest BCUT2D eigenvalue weighted by atomic mass is 9.88. The van der Waals surface area contributed by atoms with Crippen molar-refractivity contribution in [2.24, 2.45) is 0 Å². The van der Waals surface area contributed by atoms with Gasteiger partial charge >= 0.3 is 5.97 Å². The molecule has 116 valence electrons. The fourth-order valence-corrected chi connectivity index (χ4v) is 10.6. The van der Waals surface area contributed by atoms with Crippen molar-refractivity contribution in [1.82, 2.24) is 0 Å². The quantitative estimate of drug-likeness (QED) is 0.627. The summed E-state index contributed by atoms with van der Waals surface area (Å²) in [4.78, 5) is 11.3. The van der Waals surface area contributed by atoms with E-state index in [9.17, 15) is 4.79 Å². The molecule has 3 aliphatic rings. The van der Waals surface area contributed by atoms with E-state index in [0.29, 0.717) is 12.4 Å². The number of cyclic esters (lactones) is 1. The zero-order valence-corrected chi connectivity index (χ0v) is 14.6. The number of hydrogen-bond acceptors (Lipinski definition) is 4. The molecule has 2 aromatic rings. The van der Waals surface area contributed by atoms with E-state index in [1.165, 1.54) is 33.3 Å². The molecule has 3 aliphatic heterocycles. The van der Waals surface area contributed by atoms with Crippen LogP contribution in [0.1, 0.15) is 18.1 Å². The second-order valence-electron chi connectivity index (χ2n) is 6.44. The normalized spacial score (nSPS) is 32.9. The van der Waals surface area contributed by atoms with Gasteiger partial charge in [0.2, 0.25) is 0 Å². The highest BCUT2D eigenvalue weighted by Crippen LogP contribution is 2.54. The van der Waals surface area contributed by atoms with Gasteiger partial charge in [0.05, 0.1) is 12.4 Å². The van der Waals surface area contributed by atoms with Crippen LogP contribution in [-0.4, -0.2) is 32.1 Å². The second kappa shape index (κ2) is 4.50. The highest BCUT2D eigenvalue weighted by molar-refractivity contribution is 8.00. The second-order valence-corrected chi connectivity index (χ2v) is 11.3. The van der Waals surface area contributed by atoms with Crippen molar-refractivity contribution < 1.29 is 14.0 Å². The molecule has 1 fully saturated rings. The van der Waals surface area contributed by atoms with Gasteiger partial charge in [-0.3, -0.25) is 4.79 Å². The number of thioether (sulfide) groups is 1. The van der Waals surface area contributed by atoms with Crippen molar-refractivity contribution in [2.45, 2.75) is 17.4 Å². The average molecular weight is 340 g/mol. The van der Waals surface area contributed by atoms with E-state index in [2.05, 4.69) is 55.5 Å². The van der Waals surface area contributed by atoms with E-state index in [-0.39, 0.29) is 16.4 Å². The molecule has 3 nitrogen and oxygen atoms in total. The van der Waals surface area contributed by atoms with Crippen molar-refractivity contribution in [1.29, 1.82) is 0 Å². The van der Waals surface area contributed by atoms with Gasteiger partial charge in [0.1, 0.15) is 0 Å². The van der Waals surface area contributed by atoms with Gasteiger partial charge in [0, 0.05) is 5.04 Å². The highest BCUT2D eigenvalue weighted by Gasteiger charge is 2.74. The lowest BCUT2D eigenvalue weighted by Gasteiger charge is -2.65. The summed E-state index contributed by atoms with van der Waals surface area (Å²) in [5.41, 5.74) is 2.65. The molecule has 0 amide bonds. The van der Waals surface area contributed by atoms with Gasteiger partial charge in [-0.1, -0.05) is 55.5 Å². The molecule has 1 atom stereocenters. The van der Waals surface area contributed by atoms with E-state index in [1.54, 1.807) is 0 Å². The Balaban J connectivity index is 1.55. The minimum atomic E-state index is -2.18. The summed E-state index contributed by atoms with van der Waals surface area (Å²) >= 11 is 1.54. The molecule has 5 heteroatoms. The first-order valence-corrected chi connectivity index (χ1v) is 10.8. The van der Waals surface area contributed by atoms with Gasteiger partial charge in [-0.05, 0) is 21.5 Å². The summed E-state index contributed by atoms with van der Waals surface area (Å²) < 4.78 is 11.9. The first-order chi connectivity index (χ1) is 11.2. The molecule has 0 aromatic heterocycles. The molecule has 1 unspecified atom stereocenters. The molecule has 1 saturated heterocycles. The topological polar surface area (TPSA) is 35.5 Å². The lowest BCUT2D eigenvalue weighted by molar-refractivity contribution is -0.141. The van der Waals surface area contributed by atoms with Gasteiger partial charge in [-0.15, -0.1) is 11.8 Å². The van der Waals surface area contributed by atoms with E-state index in [1.807, 2.05) is 0 Å². The Bertz CT molecular complexity index is 787. The Morgan fingerprint density at radius 2 is 1.78 bits per heavy atom. The van der Waals surface area contributed by atoms with E-state index < -0.39 is 8.32 Å². The number of hydrogen-bond donors (Lipinski definition) is 0. The number of ether oxygens (including phenoxy) is 1. The van der Waals surface area contributed by atoms with Gasteiger partial charge in [0.25, 0.3) is 8.32 Å². The maximum absolute atomic E-state index is 11.3. The number of carbonyl (C=O) groups is 1.